The molecule has 0 aromatic heterocycles. The lowest BCUT2D eigenvalue weighted by atomic mass is 10.1. The fourth-order valence-electron chi connectivity index (χ4n) is 1.72. The summed E-state index contributed by atoms with van der Waals surface area (Å²) in [7, 11) is 0. The van der Waals surface area contributed by atoms with Crippen LogP contribution < -0.4 is 16.4 Å². The third kappa shape index (κ3) is 8.12. The molecule has 20 heavy (non-hydrogen) atoms. The van der Waals surface area contributed by atoms with Crippen LogP contribution in [0.25, 0.3) is 0 Å². The van der Waals surface area contributed by atoms with Gasteiger partial charge in [0.05, 0.1) is 12.6 Å². The van der Waals surface area contributed by atoms with Crippen molar-refractivity contribution in [2.75, 3.05) is 32.7 Å². The van der Waals surface area contributed by atoms with E-state index in [1.54, 1.807) is 0 Å². The molecule has 4 N–H and O–H groups in total. The fraction of sp³-hybridized carbons (Fsp3) is 0.857. The predicted molar refractivity (Wildman–Crippen MR) is 81.2 cm³/mol. The first-order valence-corrected chi connectivity index (χ1v) is 7.44. The maximum atomic E-state index is 11.6. The number of nitrogens with one attached hydrogen (secondary N) is 2. The Kier molecular flexibility index (Phi) is 10.0. The largest absolute Gasteiger partial charge is 0.355 e. The highest BCUT2D eigenvalue weighted by Crippen LogP contribution is 1.97. The highest BCUT2D eigenvalue weighted by molar-refractivity contribution is 5.87. The average Bonchev–Trinajstić information content (AvgIpc) is 2.43. The second-order valence-corrected chi connectivity index (χ2v) is 5.22. The number of hydrogen-bond acceptors (Lipinski definition) is 4. The first kappa shape index (κ1) is 18.9. The van der Waals surface area contributed by atoms with E-state index in [1.807, 2.05) is 13.8 Å². The molecule has 118 valence electrons. The number of carbonyl (C=O) groups excluding carboxylic acids is 2. The summed E-state index contributed by atoms with van der Waals surface area (Å²) in [6.45, 7) is 11.6. The first-order chi connectivity index (χ1) is 9.42. The van der Waals surface area contributed by atoms with Gasteiger partial charge < -0.3 is 21.3 Å². The highest BCUT2D eigenvalue weighted by atomic mass is 16.2. The minimum Gasteiger partial charge on any atom is -0.355 e. The summed E-state index contributed by atoms with van der Waals surface area (Å²) in [4.78, 5) is 25.4. The molecule has 0 fully saturated rings. The lowest BCUT2D eigenvalue weighted by Crippen LogP contribution is -2.47. The van der Waals surface area contributed by atoms with Crippen molar-refractivity contribution < 1.29 is 9.59 Å². The van der Waals surface area contributed by atoms with Gasteiger partial charge in [-0.25, -0.2) is 0 Å². The van der Waals surface area contributed by atoms with Crippen LogP contribution in [0.1, 0.15) is 34.1 Å². The smallest absolute Gasteiger partial charge is 0.239 e. The van der Waals surface area contributed by atoms with Gasteiger partial charge in [0, 0.05) is 6.54 Å². The van der Waals surface area contributed by atoms with Gasteiger partial charge in [0.1, 0.15) is 0 Å². The molecule has 0 radical (unpaired) electrons. The van der Waals surface area contributed by atoms with Crippen molar-refractivity contribution >= 4 is 11.8 Å². The monoisotopic (exact) mass is 286 g/mol. The Labute approximate surface area is 122 Å². The molecule has 0 aliphatic heterocycles. The van der Waals surface area contributed by atoms with Crippen LogP contribution in [0.15, 0.2) is 0 Å². The molecule has 0 heterocycles. The van der Waals surface area contributed by atoms with E-state index in [9.17, 15) is 9.59 Å². The van der Waals surface area contributed by atoms with Crippen molar-refractivity contribution in [2.24, 2.45) is 11.7 Å². The lowest BCUT2D eigenvalue weighted by Gasteiger charge is -2.18. The molecule has 2 amide bonds. The van der Waals surface area contributed by atoms with Gasteiger partial charge in [-0.3, -0.25) is 9.59 Å². The number of nitrogens with two attached hydrogens (primary N) is 1. The van der Waals surface area contributed by atoms with Gasteiger partial charge in [-0.05, 0) is 32.0 Å². The van der Waals surface area contributed by atoms with Crippen molar-refractivity contribution in [2.45, 2.75) is 40.2 Å². The van der Waals surface area contributed by atoms with Crippen LogP contribution >= 0.6 is 0 Å². The van der Waals surface area contributed by atoms with E-state index in [2.05, 4.69) is 29.4 Å². The minimum absolute atomic E-state index is 0.00940. The molecule has 6 heteroatoms. The second-order valence-electron chi connectivity index (χ2n) is 5.22. The van der Waals surface area contributed by atoms with Crippen LogP contribution in [-0.2, 0) is 9.59 Å². The second kappa shape index (κ2) is 10.6. The van der Waals surface area contributed by atoms with E-state index < -0.39 is 6.04 Å². The Hall–Kier alpha value is -1.14. The summed E-state index contributed by atoms with van der Waals surface area (Å²) in [6.07, 6.45) is 0.910. The van der Waals surface area contributed by atoms with Crippen molar-refractivity contribution in [3.63, 3.8) is 0 Å². The van der Waals surface area contributed by atoms with Crippen LogP contribution in [0, 0.1) is 5.92 Å². The van der Waals surface area contributed by atoms with Crippen LogP contribution in [-0.4, -0.2) is 55.5 Å². The van der Waals surface area contributed by atoms with E-state index in [-0.39, 0.29) is 24.3 Å². The fourth-order valence-corrected chi connectivity index (χ4v) is 1.72. The van der Waals surface area contributed by atoms with Gasteiger partial charge in [0.25, 0.3) is 0 Å². The maximum Gasteiger partial charge on any atom is 0.239 e. The Bertz CT molecular complexity index is 291. The van der Waals surface area contributed by atoms with Gasteiger partial charge in [0.2, 0.25) is 11.8 Å². The summed E-state index contributed by atoms with van der Waals surface area (Å²) in [5.41, 5.74) is 5.68. The van der Waals surface area contributed by atoms with Gasteiger partial charge >= 0.3 is 0 Å². The summed E-state index contributed by atoms with van der Waals surface area (Å²) < 4.78 is 0. The van der Waals surface area contributed by atoms with E-state index in [4.69, 9.17) is 5.73 Å². The van der Waals surface area contributed by atoms with E-state index in [1.165, 1.54) is 0 Å². The number of amides is 2. The third-order valence-corrected chi connectivity index (χ3v) is 3.31. The molecule has 0 bridgehead atoms. The Morgan fingerprint density at radius 2 is 1.75 bits per heavy atom. The number of rotatable bonds is 10. The third-order valence-electron chi connectivity index (χ3n) is 3.31. The summed E-state index contributed by atoms with van der Waals surface area (Å²) in [5.74, 6) is -0.390. The zero-order valence-corrected chi connectivity index (χ0v) is 13.2. The minimum atomic E-state index is -0.564. The van der Waals surface area contributed by atoms with Gasteiger partial charge in [-0.15, -0.1) is 0 Å². The number of nitrogens with zero attached hydrogens (tertiary/aromatic N) is 1. The summed E-state index contributed by atoms with van der Waals surface area (Å²) in [5, 5.41) is 5.34. The lowest BCUT2D eigenvalue weighted by molar-refractivity contribution is -0.127. The molecule has 1 atom stereocenters. The summed E-state index contributed by atoms with van der Waals surface area (Å²) in [6, 6.07) is -0.564. The molecule has 0 spiro atoms. The molecule has 0 rings (SSSR count). The molecule has 0 saturated carbocycles. The van der Waals surface area contributed by atoms with Crippen LogP contribution in [0.4, 0.5) is 0 Å². The highest BCUT2D eigenvalue weighted by Gasteiger charge is 2.17. The predicted octanol–water partition coefficient (Wildman–Crippen LogP) is -0.0660. The molecule has 0 saturated heterocycles. The zero-order chi connectivity index (χ0) is 15.5. The molecular formula is C14H30N4O2. The quantitative estimate of drug-likeness (QED) is 0.491. The topological polar surface area (TPSA) is 87.5 Å². The van der Waals surface area contributed by atoms with Gasteiger partial charge in [-0.2, -0.15) is 0 Å². The number of carbonyl (C=O) groups is 2. The van der Waals surface area contributed by atoms with Crippen LogP contribution in [0.3, 0.4) is 0 Å². The van der Waals surface area contributed by atoms with Crippen LogP contribution in [0.2, 0.25) is 0 Å². The van der Waals surface area contributed by atoms with Gasteiger partial charge in [-0.1, -0.05) is 27.7 Å². The molecule has 0 aromatic rings. The van der Waals surface area contributed by atoms with Crippen molar-refractivity contribution in [3.05, 3.63) is 0 Å². The molecule has 6 nitrogen and oxygen atoms in total. The van der Waals surface area contributed by atoms with E-state index in [0.717, 1.165) is 26.1 Å². The number of hydrogen-bond donors (Lipinski definition) is 3. The Balaban J connectivity index is 3.72. The summed E-state index contributed by atoms with van der Waals surface area (Å²) >= 11 is 0. The van der Waals surface area contributed by atoms with Gasteiger partial charge in [0.15, 0.2) is 0 Å². The molecule has 0 aliphatic rings. The molecular weight excluding hydrogens is 256 g/mol. The normalized spacial score (nSPS) is 12.6. The van der Waals surface area contributed by atoms with Crippen LogP contribution in [0.5, 0.6) is 0 Å². The Morgan fingerprint density at radius 1 is 1.15 bits per heavy atom. The standard InChI is InChI=1S/C14H30N4O2/c1-5-18(6-2)9-7-8-16-12(19)10-17-14(20)13(15)11(3)4/h11,13H,5-10,15H2,1-4H3,(H,16,19)(H,17,20)/t13-/m0/s1. The SMILES string of the molecule is CCN(CC)CCCNC(=O)CNC(=O)[C@@H](N)C(C)C. The average molecular weight is 286 g/mol. The van der Waals surface area contributed by atoms with E-state index in [0.29, 0.717) is 6.54 Å². The van der Waals surface area contributed by atoms with Crippen molar-refractivity contribution in [3.8, 4) is 0 Å². The van der Waals surface area contributed by atoms with Crippen molar-refractivity contribution in [1.82, 2.24) is 15.5 Å². The molecule has 0 aromatic carbocycles. The Morgan fingerprint density at radius 3 is 2.25 bits per heavy atom. The van der Waals surface area contributed by atoms with Crippen molar-refractivity contribution in [1.29, 1.82) is 0 Å². The maximum absolute atomic E-state index is 11.6. The van der Waals surface area contributed by atoms with E-state index >= 15 is 0 Å². The molecule has 0 unspecified atom stereocenters. The first-order valence-electron chi connectivity index (χ1n) is 7.44. The molecule has 0 aliphatic carbocycles. The zero-order valence-electron chi connectivity index (χ0n) is 13.2.